The molecule has 2 heterocycles. The molecule has 1 unspecified atom stereocenters. The molecule has 0 aliphatic carbocycles. The summed E-state index contributed by atoms with van der Waals surface area (Å²) in [5.41, 5.74) is 0.724. The number of carbonyl (C=O) groups excluding carboxylic acids is 1. The number of nitrogens with zero attached hydrogens (tertiary/aromatic N) is 3. The molecule has 17 heavy (non-hydrogen) atoms. The van der Waals surface area contributed by atoms with Gasteiger partial charge in [-0.2, -0.15) is 5.10 Å². The molecular weight excluding hydrogens is 266 g/mol. The number of halogens is 1. The molecule has 1 fully saturated rings. The topological polar surface area (TPSA) is 80.2 Å². The van der Waals surface area contributed by atoms with Gasteiger partial charge in [0.25, 0.3) is 0 Å². The second kappa shape index (κ2) is 4.23. The largest absolute Gasteiger partial charge is 0.294 e. The summed E-state index contributed by atoms with van der Waals surface area (Å²) in [5.74, 6) is 0.0424. The van der Waals surface area contributed by atoms with Crippen LogP contribution >= 0.6 is 10.7 Å². The zero-order valence-corrected chi connectivity index (χ0v) is 10.6. The van der Waals surface area contributed by atoms with Crippen LogP contribution in [-0.4, -0.2) is 36.3 Å². The Balaban J connectivity index is 2.24. The molecule has 1 aromatic rings. The molecule has 1 atom stereocenters. The van der Waals surface area contributed by atoms with Crippen LogP contribution in [-0.2, 0) is 13.8 Å². The van der Waals surface area contributed by atoms with Gasteiger partial charge < -0.3 is 0 Å². The van der Waals surface area contributed by atoms with Crippen molar-refractivity contribution in [1.82, 2.24) is 10.2 Å². The molecule has 0 radical (unpaired) electrons. The van der Waals surface area contributed by atoms with E-state index in [4.69, 9.17) is 10.7 Å². The fourth-order valence-corrected chi connectivity index (χ4v) is 2.65. The van der Waals surface area contributed by atoms with E-state index in [2.05, 4.69) is 10.2 Å². The van der Waals surface area contributed by atoms with E-state index < -0.39 is 14.3 Å². The van der Waals surface area contributed by atoms with E-state index in [0.717, 1.165) is 5.69 Å². The summed E-state index contributed by atoms with van der Waals surface area (Å²) in [7, 11) is 1.52. The summed E-state index contributed by atoms with van der Waals surface area (Å²) < 4.78 is 22.3. The summed E-state index contributed by atoms with van der Waals surface area (Å²) in [6.45, 7) is 1.80. The molecule has 1 aliphatic rings. The zero-order chi connectivity index (χ0) is 12.6. The highest BCUT2D eigenvalue weighted by molar-refractivity contribution is 8.14. The lowest BCUT2D eigenvalue weighted by atomic mass is 10.4. The Morgan fingerprint density at radius 1 is 1.41 bits per heavy atom. The number of hydrogen-bond donors (Lipinski definition) is 0. The SMILES string of the molecule is Cc1ccc(N2CC(S(=O)(=O)Cl)CC2=O)nn1. The average molecular weight is 276 g/mol. The number of carbonyl (C=O) groups is 1. The molecule has 0 N–H and O–H groups in total. The summed E-state index contributed by atoms with van der Waals surface area (Å²) in [5, 5.41) is 6.79. The monoisotopic (exact) mass is 275 g/mol. The minimum atomic E-state index is -3.72. The maximum Gasteiger partial charge on any atom is 0.237 e. The Morgan fingerprint density at radius 3 is 2.59 bits per heavy atom. The number of rotatable bonds is 2. The Kier molecular flexibility index (Phi) is 3.05. The number of anilines is 1. The maximum atomic E-state index is 11.7. The molecular formula is C9H10ClN3O3S. The first-order chi connectivity index (χ1) is 7.88. The van der Waals surface area contributed by atoms with E-state index in [-0.39, 0.29) is 18.9 Å². The fourth-order valence-electron chi connectivity index (χ4n) is 1.62. The Bertz CT molecular complexity index is 543. The van der Waals surface area contributed by atoms with Crippen molar-refractivity contribution in [3.05, 3.63) is 17.8 Å². The lowest BCUT2D eigenvalue weighted by Gasteiger charge is -2.13. The standard InChI is InChI=1S/C9H10ClN3O3S/c1-6-2-3-8(12-11-6)13-5-7(4-9(13)14)17(10,15)16/h2-3,7H,4-5H2,1H3. The highest BCUT2D eigenvalue weighted by Crippen LogP contribution is 2.24. The van der Waals surface area contributed by atoms with Gasteiger partial charge in [0, 0.05) is 23.6 Å². The van der Waals surface area contributed by atoms with Crippen molar-refractivity contribution in [3.63, 3.8) is 0 Å². The minimum absolute atomic E-state index is 0.0302. The first-order valence-corrected chi connectivity index (χ1v) is 7.29. The van der Waals surface area contributed by atoms with Crippen LogP contribution in [0.4, 0.5) is 5.82 Å². The quantitative estimate of drug-likeness (QED) is 0.733. The Hall–Kier alpha value is -1.21. The Morgan fingerprint density at radius 2 is 2.12 bits per heavy atom. The van der Waals surface area contributed by atoms with Crippen molar-refractivity contribution in [3.8, 4) is 0 Å². The van der Waals surface area contributed by atoms with Crippen LogP contribution in [0.15, 0.2) is 12.1 Å². The zero-order valence-electron chi connectivity index (χ0n) is 9.00. The summed E-state index contributed by atoms with van der Waals surface area (Å²) in [6.07, 6.45) is -0.110. The number of amides is 1. The van der Waals surface area contributed by atoms with Gasteiger partial charge in [0.15, 0.2) is 5.82 Å². The predicted octanol–water partition coefficient (Wildman–Crippen LogP) is 0.459. The van der Waals surface area contributed by atoms with E-state index in [1.807, 2.05) is 0 Å². The van der Waals surface area contributed by atoms with Gasteiger partial charge in [-0.15, -0.1) is 5.10 Å². The van der Waals surface area contributed by atoms with Crippen LogP contribution in [0.5, 0.6) is 0 Å². The average Bonchev–Trinajstić information content (AvgIpc) is 2.61. The number of hydrogen-bond acceptors (Lipinski definition) is 5. The molecule has 1 aromatic heterocycles. The van der Waals surface area contributed by atoms with Crippen molar-refractivity contribution in [2.75, 3.05) is 11.4 Å². The smallest absolute Gasteiger partial charge is 0.237 e. The number of aryl methyl sites for hydroxylation is 1. The molecule has 92 valence electrons. The van der Waals surface area contributed by atoms with Gasteiger partial charge in [-0.3, -0.25) is 9.69 Å². The molecule has 6 nitrogen and oxygen atoms in total. The first kappa shape index (κ1) is 12.3. The van der Waals surface area contributed by atoms with Crippen LogP contribution in [0.25, 0.3) is 0 Å². The van der Waals surface area contributed by atoms with Crippen LogP contribution in [0.1, 0.15) is 12.1 Å². The molecule has 0 saturated carbocycles. The lowest BCUT2D eigenvalue weighted by Crippen LogP contribution is -2.27. The van der Waals surface area contributed by atoms with Crippen LogP contribution in [0.2, 0.25) is 0 Å². The summed E-state index contributed by atoms with van der Waals surface area (Å²) >= 11 is 0. The van der Waals surface area contributed by atoms with Crippen LogP contribution in [0, 0.1) is 6.92 Å². The van der Waals surface area contributed by atoms with Crippen molar-refractivity contribution < 1.29 is 13.2 Å². The van der Waals surface area contributed by atoms with Crippen LogP contribution in [0.3, 0.4) is 0 Å². The number of aromatic nitrogens is 2. The highest BCUT2D eigenvalue weighted by atomic mass is 35.7. The van der Waals surface area contributed by atoms with Crippen molar-refractivity contribution in [1.29, 1.82) is 0 Å². The molecule has 1 amide bonds. The van der Waals surface area contributed by atoms with Gasteiger partial charge in [0.05, 0.1) is 5.69 Å². The van der Waals surface area contributed by atoms with Crippen LogP contribution < -0.4 is 4.90 Å². The van der Waals surface area contributed by atoms with E-state index in [0.29, 0.717) is 5.82 Å². The summed E-state index contributed by atoms with van der Waals surface area (Å²) in [4.78, 5) is 12.9. The normalized spacial score (nSPS) is 20.9. The maximum absolute atomic E-state index is 11.7. The van der Waals surface area contributed by atoms with E-state index in [1.165, 1.54) is 4.90 Å². The molecule has 0 bridgehead atoms. The minimum Gasteiger partial charge on any atom is -0.294 e. The van der Waals surface area contributed by atoms with Crippen molar-refractivity contribution >= 4 is 31.5 Å². The Labute approximate surface area is 103 Å². The first-order valence-electron chi connectivity index (χ1n) is 4.92. The molecule has 1 aliphatic heterocycles. The molecule has 2 rings (SSSR count). The molecule has 0 spiro atoms. The van der Waals surface area contributed by atoms with Gasteiger partial charge in [-0.25, -0.2) is 8.42 Å². The van der Waals surface area contributed by atoms with Gasteiger partial charge >= 0.3 is 0 Å². The van der Waals surface area contributed by atoms with Crippen molar-refractivity contribution in [2.45, 2.75) is 18.6 Å². The van der Waals surface area contributed by atoms with Gasteiger partial charge in [0.1, 0.15) is 5.25 Å². The lowest BCUT2D eigenvalue weighted by molar-refractivity contribution is -0.117. The molecule has 0 aromatic carbocycles. The third-order valence-electron chi connectivity index (χ3n) is 2.55. The predicted molar refractivity (Wildman–Crippen MR) is 62.3 cm³/mol. The van der Waals surface area contributed by atoms with E-state index >= 15 is 0 Å². The van der Waals surface area contributed by atoms with Crippen molar-refractivity contribution in [2.24, 2.45) is 0 Å². The molecule has 1 saturated heterocycles. The molecule has 8 heteroatoms. The van der Waals surface area contributed by atoms with Gasteiger partial charge in [-0.05, 0) is 19.1 Å². The van der Waals surface area contributed by atoms with Gasteiger partial charge in [0.2, 0.25) is 15.0 Å². The fraction of sp³-hybridized carbons (Fsp3) is 0.444. The highest BCUT2D eigenvalue weighted by Gasteiger charge is 2.38. The summed E-state index contributed by atoms with van der Waals surface area (Å²) in [6, 6.07) is 3.33. The third-order valence-corrected chi connectivity index (χ3v) is 4.42. The van der Waals surface area contributed by atoms with E-state index in [1.54, 1.807) is 19.1 Å². The van der Waals surface area contributed by atoms with Gasteiger partial charge in [-0.1, -0.05) is 0 Å². The second-order valence-corrected chi connectivity index (χ2v) is 6.75. The second-order valence-electron chi connectivity index (χ2n) is 3.84. The van der Waals surface area contributed by atoms with E-state index in [9.17, 15) is 13.2 Å². The third kappa shape index (κ3) is 2.55.